The Morgan fingerprint density at radius 1 is 1.31 bits per heavy atom. The van der Waals surface area contributed by atoms with Crippen molar-refractivity contribution in [3.05, 3.63) is 23.8 Å². The molecule has 3 heteroatoms. The number of aryl methyl sites for hydroxylation is 1. The van der Waals surface area contributed by atoms with Crippen LogP contribution >= 0.6 is 0 Å². The number of hydrogen-bond donors (Lipinski definition) is 1. The van der Waals surface area contributed by atoms with Crippen LogP contribution in [-0.2, 0) is 6.37 Å². The van der Waals surface area contributed by atoms with Gasteiger partial charge < -0.3 is 14.6 Å². The summed E-state index contributed by atoms with van der Waals surface area (Å²) in [7, 11) is 2.84. The van der Waals surface area contributed by atoms with Crippen molar-refractivity contribution in [3.8, 4) is 11.5 Å². The summed E-state index contributed by atoms with van der Waals surface area (Å²) in [6, 6.07) is 4.10. The number of rotatable bonds is 4. The summed E-state index contributed by atoms with van der Waals surface area (Å²) >= 11 is 0. The summed E-state index contributed by atoms with van der Waals surface area (Å²) in [6.07, 6.45) is -2.54. The van der Waals surface area contributed by atoms with Crippen LogP contribution in [0.1, 0.15) is 11.0 Å². The standard InChI is InChI=1S/C10H14O3/c1-12-9-4-3-8(5-6-11)7-10(9)13-2/h3-4,7,11H,5-6H2,1-2H3/i5D2,6D2. The predicted octanol–water partition coefficient (Wildman–Crippen LogP) is 1.24. The van der Waals surface area contributed by atoms with E-state index in [-0.39, 0.29) is 11.3 Å². The Hall–Kier alpha value is -1.22. The van der Waals surface area contributed by atoms with Gasteiger partial charge in [0.05, 0.1) is 17.0 Å². The second kappa shape index (κ2) is 4.72. The van der Waals surface area contributed by atoms with Crippen molar-refractivity contribution in [2.75, 3.05) is 20.8 Å². The first kappa shape index (κ1) is 5.50. The lowest BCUT2D eigenvalue weighted by Crippen LogP contribution is -1.94. The molecule has 0 spiro atoms. The molecule has 3 nitrogen and oxygen atoms in total. The maximum absolute atomic E-state index is 9.18. The first-order valence-electron chi connectivity index (χ1n) is 5.69. The van der Waals surface area contributed by atoms with Gasteiger partial charge in [-0.25, -0.2) is 0 Å². The van der Waals surface area contributed by atoms with E-state index in [0.717, 1.165) is 0 Å². The van der Waals surface area contributed by atoms with Gasteiger partial charge in [0.2, 0.25) is 0 Å². The number of ether oxygens (including phenoxy) is 2. The molecule has 72 valence electrons. The van der Waals surface area contributed by atoms with Gasteiger partial charge in [0.15, 0.2) is 11.5 Å². The molecule has 0 aromatic heterocycles. The summed E-state index contributed by atoms with van der Waals surface area (Å²) in [5, 5.41) is 9.18. The quantitative estimate of drug-likeness (QED) is 0.768. The van der Waals surface area contributed by atoms with Crippen LogP contribution in [0, 0.1) is 0 Å². The Kier molecular flexibility index (Phi) is 2.00. The van der Waals surface area contributed by atoms with Gasteiger partial charge in [0, 0.05) is 9.30 Å². The van der Waals surface area contributed by atoms with Gasteiger partial charge in [-0.1, -0.05) is 6.07 Å². The molecule has 0 aliphatic carbocycles. The predicted molar refractivity (Wildman–Crippen MR) is 50.3 cm³/mol. The molecule has 0 aliphatic heterocycles. The SMILES string of the molecule is [2H]C([2H])(O)C([2H])([2H])c1ccc(OC)c(OC)c1. The minimum atomic E-state index is -2.98. The number of methoxy groups -OCH3 is 2. The molecule has 1 rings (SSSR count). The minimum absolute atomic E-state index is 0.0253. The first-order chi connectivity index (χ1) is 7.74. The summed E-state index contributed by atoms with van der Waals surface area (Å²) in [6.45, 7) is -2.98. The number of aliphatic hydroxyl groups is 1. The second-order valence-corrected chi connectivity index (χ2v) is 2.31. The van der Waals surface area contributed by atoms with E-state index < -0.39 is 12.9 Å². The molecule has 0 fully saturated rings. The van der Waals surface area contributed by atoms with E-state index in [1.165, 1.54) is 32.4 Å². The highest BCUT2D eigenvalue weighted by atomic mass is 16.5. The van der Waals surface area contributed by atoms with E-state index in [0.29, 0.717) is 5.75 Å². The molecule has 1 aromatic rings. The van der Waals surface area contributed by atoms with Gasteiger partial charge in [0.25, 0.3) is 0 Å². The summed E-state index contributed by atoms with van der Waals surface area (Å²) in [5.41, 5.74) is -0.0253. The molecule has 0 saturated carbocycles. The highest BCUT2D eigenvalue weighted by Crippen LogP contribution is 2.27. The maximum Gasteiger partial charge on any atom is 0.160 e. The normalized spacial score (nSPS) is 16.5. The smallest absolute Gasteiger partial charge is 0.160 e. The van der Waals surface area contributed by atoms with Crippen LogP contribution in [0.15, 0.2) is 18.2 Å². The molecule has 1 aromatic carbocycles. The lowest BCUT2D eigenvalue weighted by atomic mass is 10.1. The first-order valence-corrected chi connectivity index (χ1v) is 3.69. The molecule has 0 atom stereocenters. The monoisotopic (exact) mass is 186 g/mol. The van der Waals surface area contributed by atoms with Gasteiger partial charge in [-0.3, -0.25) is 0 Å². The lowest BCUT2D eigenvalue weighted by Gasteiger charge is -2.08. The minimum Gasteiger partial charge on any atom is -0.493 e. The Balaban J connectivity index is 3.25. The van der Waals surface area contributed by atoms with Crippen molar-refractivity contribution in [1.29, 1.82) is 0 Å². The van der Waals surface area contributed by atoms with Crippen molar-refractivity contribution in [3.63, 3.8) is 0 Å². The zero-order chi connectivity index (χ0) is 13.3. The molecule has 0 bridgehead atoms. The molecule has 1 N–H and O–H groups in total. The Morgan fingerprint density at radius 3 is 2.54 bits per heavy atom. The highest BCUT2D eigenvalue weighted by Gasteiger charge is 2.03. The van der Waals surface area contributed by atoms with E-state index >= 15 is 0 Å². The van der Waals surface area contributed by atoms with Crippen LogP contribution in [0.4, 0.5) is 0 Å². The average molecular weight is 186 g/mol. The van der Waals surface area contributed by atoms with Crippen molar-refractivity contribution in [2.24, 2.45) is 0 Å². The zero-order valence-electron chi connectivity index (χ0n) is 11.5. The Labute approximate surface area is 83.5 Å². The molecule has 13 heavy (non-hydrogen) atoms. The van der Waals surface area contributed by atoms with Crippen molar-refractivity contribution in [2.45, 2.75) is 6.37 Å². The van der Waals surface area contributed by atoms with Gasteiger partial charge in [-0.05, 0) is 24.1 Å². The van der Waals surface area contributed by atoms with Crippen molar-refractivity contribution in [1.82, 2.24) is 0 Å². The average Bonchev–Trinajstić information content (AvgIpc) is 2.26. The molecule has 0 saturated heterocycles. The van der Waals surface area contributed by atoms with Gasteiger partial charge in [-0.15, -0.1) is 0 Å². The molecular weight excluding hydrogens is 168 g/mol. The lowest BCUT2D eigenvalue weighted by molar-refractivity contribution is 0.299. The third-order valence-electron chi connectivity index (χ3n) is 1.58. The third kappa shape index (κ3) is 2.36. The molecule has 0 amide bonds. The highest BCUT2D eigenvalue weighted by molar-refractivity contribution is 5.42. The van der Waals surface area contributed by atoms with Gasteiger partial charge in [-0.2, -0.15) is 0 Å². The van der Waals surface area contributed by atoms with E-state index in [2.05, 4.69) is 0 Å². The van der Waals surface area contributed by atoms with Crippen molar-refractivity contribution < 1.29 is 20.1 Å². The summed E-state index contributed by atoms with van der Waals surface area (Å²) < 4.78 is 39.2. The van der Waals surface area contributed by atoms with Crippen LogP contribution in [-0.4, -0.2) is 25.9 Å². The second-order valence-electron chi connectivity index (χ2n) is 2.31. The fourth-order valence-electron chi connectivity index (χ4n) is 0.979. The summed E-state index contributed by atoms with van der Waals surface area (Å²) in [5.74, 6) is 0.684. The fraction of sp³-hybridized carbons (Fsp3) is 0.400. The number of hydrogen-bond acceptors (Lipinski definition) is 3. The van der Waals surface area contributed by atoms with Crippen LogP contribution < -0.4 is 9.47 Å². The summed E-state index contributed by atoms with van der Waals surface area (Å²) in [4.78, 5) is 0. The largest absolute Gasteiger partial charge is 0.493 e. The molecule has 0 radical (unpaired) electrons. The molecule has 0 unspecified atom stereocenters. The van der Waals surface area contributed by atoms with E-state index in [4.69, 9.17) is 15.0 Å². The molecule has 0 heterocycles. The molecule has 0 aliphatic rings. The van der Waals surface area contributed by atoms with E-state index in [9.17, 15) is 5.11 Å². The van der Waals surface area contributed by atoms with Crippen LogP contribution in [0.25, 0.3) is 0 Å². The van der Waals surface area contributed by atoms with E-state index in [1.807, 2.05) is 0 Å². The van der Waals surface area contributed by atoms with Crippen LogP contribution in [0.3, 0.4) is 0 Å². The van der Waals surface area contributed by atoms with Crippen LogP contribution in [0.5, 0.6) is 11.5 Å². The third-order valence-corrected chi connectivity index (χ3v) is 1.58. The fourth-order valence-corrected chi connectivity index (χ4v) is 0.979. The molecular formula is C10H14O3. The van der Waals surface area contributed by atoms with Gasteiger partial charge >= 0.3 is 0 Å². The van der Waals surface area contributed by atoms with Crippen LogP contribution in [0.2, 0.25) is 0 Å². The maximum atomic E-state index is 9.18. The van der Waals surface area contributed by atoms with E-state index in [1.54, 1.807) is 0 Å². The van der Waals surface area contributed by atoms with Crippen molar-refractivity contribution >= 4 is 0 Å². The topological polar surface area (TPSA) is 38.7 Å². The Morgan fingerprint density at radius 2 is 2.00 bits per heavy atom. The van der Waals surface area contributed by atoms with Gasteiger partial charge in [0.1, 0.15) is 0 Å². The Bertz CT molecular complexity index is 401. The zero-order valence-corrected chi connectivity index (χ0v) is 7.50. The number of benzene rings is 1.